The maximum atomic E-state index is 2.29. The normalized spacial score (nSPS) is 9.17. The highest BCUT2D eigenvalue weighted by molar-refractivity contribution is 5.68. The molecule has 0 aromatic heterocycles. The molecule has 0 saturated heterocycles. The fourth-order valence-corrected chi connectivity index (χ4v) is 2.32. The quantitative estimate of drug-likeness (QED) is 0.634. The molecule has 0 spiro atoms. The first kappa shape index (κ1) is 22.0. The van der Waals surface area contributed by atoms with E-state index in [1.807, 2.05) is 27.7 Å². The first-order valence-corrected chi connectivity index (χ1v) is 9.20. The second kappa shape index (κ2) is 12.5. The molecule has 2 aromatic rings. The molecule has 0 heterocycles. The lowest BCUT2D eigenvalue weighted by molar-refractivity contribution is 0.852. The first-order valence-electron chi connectivity index (χ1n) is 9.20. The molecule has 2 heteroatoms. The van der Waals surface area contributed by atoms with Crippen LogP contribution in [0.1, 0.15) is 41.0 Å². The second-order valence-corrected chi connectivity index (χ2v) is 5.41. The van der Waals surface area contributed by atoms with Crippen LogP contribution in [0.25, 0.3) is 11.1 Å². The third-order valence-electron chi connectivity index (χ3n) is 3.58. The smallest absolute Gasteiger partial charge is 0.0364 e. The van der Waals surface area contributed by atoms with Gasteiger partial charge in [0.1, 0.15) is 0 Å². The number of benzene rings is 2. The Morgan fingerprint density at radius 2 is 1.00 bits per heavy atom. The Balaban J connectivity index is 0.00000123. The van der Waals surface area contributed by atoms with Gasteiger partial charge in [-0.3, -0.25) is 0 Å². The van der Waals surface area contributed by atoms with Crippen molar-refractivity contribution >= 4 is 11.4 Å². The fraction of sp³-hybridized carbons (Fsp3) is 0.455. The van der Waals surface area contributed by atoms with Gasteiger partial charge in [0.2, 0.25) is 0 Å². The number of hydrogen-bond acceptors (Lipinski definition) is 2. The fourth-order valence-electron chi connectivity index (χ4n) is 2.32. The molecule has 2 aromatic carbocycles. The third kappa shape index (κ3) is 6.66. The average Bonchev–Trinajstić information content (AvgIpc) is 2.65. The van der Waals surface area contributed by atoms with Gasteiger partial charge in [0.25, 0.3) is 0 Å². The van der Waals surface area contributed by atoms with Crippen molar-refractivity contribution in [2.45, 2.75) is 41.0 Å². The predicted octanol–water partition coefficient (Wildman–Crippen LogP) is 6.32. The van der Waals surface area contributed by atoms with Crippen LogP contribution < -0.4 is 9.80 Å². The van der Waals surface area contributed by atoms with E-state index in [1.54, 1.807) is 0 Å². The highest BCUT2D eigenvalue weighted by Crippen LogP contribution is 2.24. The van der Waals surface area contributed by atoms with Gasteiger partial charge in [0, 0.05) is 39.1 Å². The van der Waals surface area contributed by atoms with Crippen molar-refractivity contribution in [1.82, 2.24) is 0 Å². The van der Waals surface area contributed by atoms with Crippen LogP contribution in [-0.4, -0.2) is 27.7 Å². The van der Waals surface area contributed by atoms with E-state index >= 15 is 0 Å². The van der Waals surface area contributed by atoms with Crippen molar-refractivity contribution in [3.05, 3.63) is 48.5 Å². The summed E-state index contributed by atoms with van der Waals surface area (Å²) in [6, 6.07) is 17.5. The largest absolute Gasteiger partial charge is 0.378 e. The summed E-state index contributed by atoms with van der Waals surface area (Å²) in [6.07, 6.45) is 1.17. The van der Waals surface area contributed by atoms with Crippen LogP contribution in [0.2, 0.25) is 0 Å². The molecule has 0 aliphatic heterocycles. The van der Waals surface area contributed by atoms with Crippen LogP contribution in [0.4, 0.5) is 11.4 Å². The summed E-state index contributed by atoms with van der Waals surface area (Å²) in [4.78, 5) is 4.41. The molecule has 0 unspecified atom stereocenters. The van der Waals surface area contributed by atoms with Gasteiger partial charge < -0.3 is 9.80 Å². The molecule has 0 fully saturated rings. The highest BCUT2D eigenvalue weighted by atomic mass is 15.1. The Labute approximate surface area is 150 Å². The summed E-state index contributed by atoms with van der Waals surface area (Å²) in [5.74, 6) is 0. The zero-order valence-electron chi connectivity index (χ0n) is 16.9. The molecular formula is C22H36N2. The van der Waals surface area contributed by atoms with E-state index in [1.165, 1.54) is 28.9 Å². The molecule has 0 radical (unpaired) electrons. The Morgan fingerprint density at radius 1 is 0.625 bits per heavy atom. The van der Waals surface area contributed by atoms with E-state index in [-0.39, 0.29) is 0 Å². The standard InChI is InChI=1S/C18H24N2.2C2H6/c1-5-14-20(4)18-12-8-16(9-13-18)15-6-10-17(11-7-15)19(2)3;2*1-2/h6-13H,5,14H2,1-4H3;2*1-2H3. The Bertz CT molecular complexity index is 527. The average molecular weight is 329 g/mol. The number of hydrogen-bond donors (Lipinski definition) is 0. The van der Waals surface area contributed by atoms with Crippen LogP contribution in [-0.2, 0) is 0 Å². The predicted molar refractivity (Wildman–Crippen MR) is 112 cm³/mol. The molecule has 0 atom stereocenters. The van der Waals surface area contributed by atoms with Crippen LogP contribution in [0.15, 0.2) is 48.5 Å². The lowest BCUT2D eigenvalue weighted by Gasteiger charge is -2.18. The molecular weight excluding hydrogens is 292 g/mol. The lowest BCUT2D eigenvalue weighted by atomic mass is 10.0. The van der Waals surface area contributed by atoms with E-state index < -0.39 is 0 Å². The van der Waals surface area contributed by atoms with Gasteiger partial charge in [0.05, 0.1) is 0 Å². The lowest BCUT2D eigenvalue weighted by Crippen LogP contribution is -2.17. The van der Waals surface area contributed by atoms with Gasteiger partial charge in [-0.1, -0.05) is 58.9 Å². The van der Waals surface area contributed by atoms with Crippen LogP contribution in [0, 0.1) is 0 Å². The maximum absolute atomic E-state index is 2.29. The Kier molecular flexibility index (Phi) is 11.4. The minimum absolute atomic E-state index is 1.09. The monoisotopic (exact) mass is 328 g/mol. The van der Waals surface area contributed by atoms with Crippen molar-refractivity contribution in [1.29, 1.82) is 0 Å². The SMILES string of the molecule is CC.CC.CCCN(C)c1ccc(-c2ccc(N(C)C)cc2)cc1. The first-order chi connectivity index (χ1) is 11.6. The minimum Gasteiger partial charge on any atom is -0.378 e. The van der Waals surface area contributed by atoms with Crippen LogP contribution in [0.5, 0.6) is 0 Å². The second-order valence-electron chi connectivity index (χ2n) is 5.41. The van der Waals surface area contributed by atoms with E-state index in [2.05, 4.69) is 86.4 Å². The summed E-state index contributed by atoms with van der Waals surface area (Å²) in [7, 11) is 6.27. The van der Waals surface area contributed by atoms with Gasteiger partial charge in [-0.15, -0.1) is 0 Å². The Hall–Kier alpha value is -1.96. The van der Waals surface area contributed by atoms with Gasteiger partial charge in [-0.05, 0) is 41.8 Å². The zero-order valence-corrected chi connectivity index (χ0v) is 16.9. The molecule has 24 heavy (non-hydrogen) atoms. The van der Waals surface area contributed by atoms with E-state index in [0.29, 0.717) is 0 Å². The molecule has 0 N–H and O–H groups in total. The summed E-state index contributed by atoms with van der Waals surface area (Å²) in [6.45, 7) is 11.3. The molecule has 0 saturated carbocycles. The third-order valence-corrected chi connectivity index (χ3v) is 3.58. The van der Waals surface area contributed by atoms with Crippen molar-refractivity contribution in [2.75, 3.05) is 37.5 Å². The highest BCUT2D eigenvalue weighted by Gasteiger charge is 2.02. The summed E-state index contributed by atoms with van der Waals surface area (Å²) >= 11 is 0. The van der Waals surface area contributed by atoms with E-state index in [9.17, 15) is 0 Å². The number of rotatable bonds is 5. The molecule has 0 amide bonds. The van der Waals surface area contributed by atoms with Crippen molar-refractivity contribution < 1.29 is 0 Å². The summed E-state index contributed by atoms with van der Waals surface area (Å²) in [5.41, 5.74) is 5.04. The molecule has 0 aliphatic rings. The molecule has 2 rings (SSSR count). The van der Waals surface area contributed by atoms with Crippen LogP contribution in [0.3, 0.4) is 0 Å². The molecule has 0 bridgehead atoms. The maximum Gasteiger partial charge on any atom is 0.0364 e. The topological polar surface area (TPSA) is 6.48 Å². The molecule has 2 nitrogen and oxygen atoms in total. The van der Waals surface area contributed by atoms with Gasteiger partial charge >= 0.3 is 0 Å². The minimum atomic E-state index is 1.09. The van der Waals surface area contributed by atoms with E-state index in [4.69, 9.17) is 0 Å². The van der Waals surface area contributed by atoms with Crippen molar-refractivity contribution in [3.8, 4) is 11.1 Å². The molecule has 134 valence electrons. The van der Waals surface area contributed by atoms with E-state index in [0.717, 1.165) is 6.54 Å². The van der Waals surface area contributed by atoms with Gasteiger partial charge in [0.15, 0.2) is 0 Å². The van der Waals surface area contributed by atoms with Crippen molar-refractivity contribution in [2.24, 2.45) is 0 Å². The summed E-state index contributed by atoms with van der Waals surface area (Å²) < 4.78 is 0. The zero-order chi connectivity index (χ0) is 18.5. The van der Waals surface area contributed by atoms with Crippen molar-refractivity contribution in [3.63, 3.8) is 0 Å². The van der Waals surface area contributed by atoms with Gasteiger partial charge in [-0.2, -0.15) is 0 Å². The Morgan fingerprint density at radius 3 is 1.33 bits per heavy atom. The summed E-state index contributed by atoms with van der Waals surface area (Å²) in [5, 5.41) is 0. The molecule has 0 aliphatic carbocycles. The number of anilines is 2. The van der Waals surface area contributed by atoms with Gasteiger partial charge in [-0.25, -0.2) is 0 Å². The van der Waals surface area contributed by atoms with Crippen LogP contribution >= 0.6 is 0 Å². The number of nitrogens with zero attached hydrogens (tertiary/aromatic N) is 2.